The molecule has 0 saturated heterocycles. The molecular formula is C19H29N3O2. The fourth-order valence-electron chi connectivity index (χ4n) is 3.73. The molecule has 2 rings (SSSR count). The molecule has 1 heterocycles. The van der Waals surface area contributed by atoms with Crippen LogP contribution >= 0.6 is 0 Å². The maximum Gasteiger partial charge on any atom is 0.226 e. The maximum absolute atomic E-state index is 12.9. The zero-order valence-electron chi connectivity index (χ0n) is 15.4. The minimum atomic E-state index is -0.552. The highest BCUT2D eigenvalue weighted by atomic mass is 16.2. The lowest BCUT2D eigenvalue weighted by Crippen LogP contribution is -2.49. The first-order valence-corrected chi connectivity index (χ1v) is 8.69. The molecule has 24 heavy (non-hydrogen) atoms. The van der Waals surface area contributed by atoms with Crippen molar-refractivity contribution < 1.29 is 9.59 Å². The summed E-state index contributed by atoms with van der Waals surface area (Å²) in [7, 11) is 0. The summed E-state index contributed by atoms with van der Waals surface area (Å²) in [6.45, 7) is 11.1. The third-order valence-electron chi connectivity index (χ3n) is 5.97. The molecular weight excluding hydrogens is 302 g/mol. The van der Waals surface area contributed by atoms with Crippen LogP contribution in [0.25, 0.3) is 0 Å². The van der Waals surface area contributed by atoms with E-state index in [0.29, 0.717) is 13.1 Å². The van der Waals surface area contributed by atoms with Crippen LogP contribution in [-0.4, -0.2) is 23.3 Å². The molecule has 0 spiro atoms. The van der Waals surface area contributed by atoms with E-state index < -0.39 is 5.41 Å². The molecule has 0 aliphatic heterocycles. The Morgan fingerprint density at radius 2 is 2.00 bits per heavy atom. The molecule has 2 amide bonds. The Bertz CT molecular complexity index is 627. The van der Waals surface area contributed by atoms with Gasteiger partial charge in [0.25, 0.3) is 0 Å². The van der Waals surface area contributed by atoms with Crippen molar-refractivity contribution in [1.82, 2.24) is 15.6 Å². The highest BCUT2D eigenvalue weighted by molar-refractivity contribution is 5.87. The molecule has 1 aliphatic carbocycles. The van der Waals surface area contributed by atoms with Crippen LogP contribution in [0.2, 0.25) is 0 Å². The van der Waals surface area contributed by atoms with Gasteiger partial charge in [0, 0.05) is 31.4 Å². The van der Waals surface area contributed by atoms with Crippen molar-refractivity contribution in [1.29, 1.82) is 0 Å². The van der Waals surface area contributed by atoms with Gasteiger partial charge in [0.2, 0.25) is 11.8 Å². The highest BCUT2D eigenvalue weighted by Gasteiger charge is 2.57. The molecule has 0 bridgehead atoms. The average molecular weight is 331 g/mol. The Labute approximate surface area is 144 Å². The number of amides is 2. The molecule has 0 aromatic carbocycles. The quantitative estimate of drug-likeness (QED) is 0.871. The van der Waals surface area contributed by atoms with Crippen LogP contribution in [0.3, 0.4) is 0 Å². The Morgan fingerprint density at radius 3 is 2.62 bits per heavy atom. The predicted octanol–water partition coefficient (Wildman–Crippen LogP) is 2.58. The normalized spacial score (nSPS) is 25.3. The standard InChI is InChI=1S/C19H29N3O2/c1-6-21-16(23)15-7-9-19(5,18(15,3)4)17(24)22-12-14-8-10-20-11-13(14)2/h8,10-11,15H,6-7,9,12H2,1-5H3,(H,21,23)(H,22,24)/t15-,19+/m0/s1. The van der Waals surface area contributed by atoms with Gasteiger partial charge in [-0.15, -0.1) is 0 Å². The molecule has 5 nitrogen and oxygen atoms in total. The zero-order chi connectivity index (χ0) is 18.0. The Hall–Kier alpha value is -1.91. The smallest absolute Gasteiger partial charge is 0.226 e. The van der Waals surface area contributed by atoms with E-state index in [1.807, 2.05) is 40.7 Å². The van der Waals surface area contributed by atoms with Gasteiger partial charge < -0.3 is 10.6 Å². The van der Waals surface area contributed by atoms with Crippen molar-refractivity contribution in [3.63, 3.8) is 0 Å². The van der Waals surface area contributed by atoms with Crippen LogP contribution in [0.1, 0.15) is 51.7 Å². The second-order valence-corrected chi connectivity index (χ2v) is 7.52. The van der Waals surface area contributed by atoms with Gasteiger partial charge in [-0.3, -0.25) is 14.6 Å². The van der Waals surface area contributed by atoms with Crippen molar-refractivity contribution in [2.45, 2.75) is 54.0 Å². The van der Waals surface area contributed by atoms with E-state index in [9.17, 15) is 9.59 Å². The van der Waals surface area contributed by atoms with Gasteiger partial charge in [0.05, 0.1) is 5.41 Å². The number of hydrogen-bond acceptors (Lipinski definition) is 3. The van der Waals surface area contributed by atoms with Crippen LogP contribution < -0.4 is 10.6 Å². The Balaban J connectivity index is 2.11. The van der Waals surface area contributed by atoms with Crippen LogP contribution in [0.15, 0.2) is 18.5 Å². The highest BCUT2D eigenvalue weighted by Crippen LogP contribution is 2.56. The fourth-order valence-corrected chi connectivity index (χ4v) is 3.73. The molecule has 2 atom stereocenters. The summed E-state index contributed by atoms with van der Waals surface area (Å²) in [5.41, 5.74) is 1.19. The van der Waals surface area contributed by atoms with Gasteiger partial charge >= 0.3 is 0 Å². The number of pyridine rings is 1. The minimum absolute atomic E-state index is 0.0236. The van der Waals surface area contributed by atoms with Crippen LogP contribution in [0.4, 0.5) is 0 Å². The first-order chi connectivity index (χ1) is 11.2. The number of hydrogen-bond donors (Lipinski definition) is 2. The van der Waals surface area contributed by atoms with Crippen molar-refractivity contribution in [3.8, 4) is 0 Å². The first kappa shape index (κ1) is 18.4. The molecule has 1 aliphatic rings. The monoisotopic (exact) mass is 331 g/mol. The molecule has 1 saturated carbocycles. The zero-order valence-corrected chi connectivity index (χ0v) is 15.4. The molecule has 0 radical (unpaired) electrons. The van der Waals surface area contributed by atoms with Crippen molar-refractivity contribution in [2.75, 3.05) is 6.54 Å². The summed E-state index contributed by atoms with van der Waals surface area (Å²) in [5, 5.41) is 5.98. The summed E-state index contributed by atoms with van der Waals surface area (Å²) < 4.78 is 0. The maximum atomic E-state index is 12.9. The van der Waals surface area contributed by atoms with E-state index in [1.54, 1.807) is 12.4 Å². The molecule has 5 heteroatoms. The number of carbonyl (C=O) groups excluding carboxylic acids is 2. The Kier molecular flexibility index (Phi) is 5.31. The number of carbonyl (C=O) groups is 2. The topological polar surface area (TPSA) is 71.1 Å². The largest absolute Gasteiger partial charge is 0.356 e. The first-order valence-electron chi connectivity index (χ1n) is 8.69. The number of nitrogens with one attached hydrogen (secondary N) is 2. The lowest BCUT2D eigenvalue weighted by Gasteiger charge is -2.40. The SMILES string of the molecule is CCNC(=O)[C@@H]1CC[C@](C)(C(=O)NCc2ccncc2C)C1(C)C. The molecule has 0 unspecified atom stereocenters. The van der Waals surface area contributed by atoms with Crippen molar-refractivity contribution >= 4 is 11.8 Å². The minimum Gasteiger partial charge on any atom is -0.356 e. The van der Waals surface area contributed by atoms with Crippen LogP contribution in [0.5, 0.6) is 0 Å². The lowest BCUT2D eigenvalue weighted by molar-refractivity contribution is -0.139. The van der Waals surface area contributed by atoms with Gasteiger partial charge in [-0.1, -0.05) is 20.8 Å². The van der Waals surface area contributed by atoms with Gasteiger partial charge in [0.15, 0.2) is 0 Å². The molecule has 132 valence electrons. The van der Waals surface area contributed by atoms with Crippen molar-refractivity contribution in [3.05, 3.63) is 29.6 Å². The average Bonchev–Trinajstić information content (AvgIpc) is 2.77. The van der Waals surface area contributed by atoms with Crippen molar-refractivity contribution in [2.24, 2.45) is 16.7 Å². The van der Waals surface area contributed by atoms with E-state index in [0.717, 1.165) is 24.0 Å². The third kappa shape index (κ3) is 3.17. The summed E-state index contributed by atoms with van der Waals surface area (Å²) in [4.78, 5) is 29.4. The molecule has 1 aromatic heterocycles. The van der Waals surface area contributed by atoms with E-state index in [4.69, 9.17) is 0 Å². The Morgan fingerprint density at radius 1 is 1.29 bits per heavy atom. The van der Waals surface area contributed by atoms with Gasteiger partial charge in [-0.2, -0.15) is 0 Å². The van der Waals surface area contributed by atoms with Crippen LogP contribution in [-0.2, 0) is 16.1 Å². The molecule has 1 aromatic rings. The summed E-state index contributed by atoms with van der Waals surface area (Å²) >= 11 is 0. The van der Waals surface area contributed by atoms with E-state index >= 15 is 0 Å². The second-order valence-electron chi connectivity index (χ2n) is 7.52. The van der Waals surface area contributed by atoms with Gasteiger partial charge in [-0.25, -0.2) is 0 Å². The second kappa shape index (κ2) is 6.91. The molecule has 2 N–H and O–H groups in total. The number of aromatic nitrogens is 1. The fraction of sp³-hybridized carbons (Fsp3) is 0.632. The van der Waals surface area contributed by atoms with Gasteiger partial charge in [0.1, 0.15) is 0 Å². The van der Waals surface area contributed by atoms with E-state index in [1.165, 1.54) is 0 Å². The van der Waals surface area contributed by atoms with E-state index in [-0.39, 0.29) is 23.1 Å². The molecule has 1 fully saturated rings. The predicted molar refractivity (Wildman–Crippen MR) is 94.1 cm³/mol. The summed E-state index contributed by atoms with van der Waals surface area (Å²) in [5.74, 6) is -0.0459. The van der Waals surface area contributed by atoms with E-state index in [2.05, 4.69) is 15.6 Å². The lowest BCUT2D eigenvalue weighted by atomic mass is 9.65. The third-order valence-corrected chi connectivity index (χ3v) is 5.97. The number of rotatable bonds is 5. The van der Waals surface area contributed by atoms with Gasteiger partial charge in [-0.05, 0) is 49.3 Å². The number of nitrogens with zero attached hydrogens (tertiary/aromatic N) is 1. The summed E-state index contributed by atoms with van der Waals surface area (Å²) in [6.07, 6.45) is 5.01. The summed E-state index contributed by atoms with van der Waals surface area (Å²) in [6, 6.07) is 1.93. The van der Waals surface area contributed by atoms with Crippen LogP contribution in [0, 0.1) is 23.7 Å². The number of aryl methyl sites for hydroxylation is 1.